The molecule has 0 fully saturated rings. The predicted octanol–water partition coefficient (Wildman–Crippen LogP) is 4.78. The van der Waals surface area contributed by atoms with Crippen LogP contribution in [-0.4, -0.2) is 9.38 Å². The molecule has 0 radical (unpaired) electrons. The van der Waals surface area contributed by atoms with Crippen LogP contribution < -0.4 is 0 Å². The molecule has 0 amide bonds. The number of halogens is 4. The second-order valence-electron chi connectivity index (χ2n) is 4.30. The fraction of sp³-hybridized carbons (Fsp3) is 0.0714. The Morgan fingerprint density at radius 2 is 1.90 bits per heavy atom. The van der Waals surface area contributed by atoms with E-state index in [0.29, 0.717) is 11.4 Å². The molecule has 0 aliphatic rings. The van der Waals surface area contributed by atoms with Crippen molar-refractivity contribution in [2.24, 2.45) is 0 Å². The Kier molecular flexibility index (Phi) is 3.05. The van der Waals surface area contributed by atoms with Gasteiger partial charge in [0.05, 0.1) is 17.3 Å². The third-order valence-electron chi connectivity index (χ3n) is 2.94. The molecule has 0 N–H and O–H groups in total. The summed E-state index contributed by atoms with van der Waals surface area (Å²) in [7, 11) is 0. The normalized spacial score (nSPS) is 12.0. The number of imidazole rings is 1. The predicted molar refractivity (Wildman–Crippen MR) is 73.3 cm³/mol. The highest BCUT2D eigenvalue weighted by Crippen LogP contribution is 2.32. The summed E-state index contributed by atoms with van der Waals surface area (Å²) in [5.74, 6) is 0.479. The van der Waals surface area contributed by atoms with Crippen molar-refractivity contribution in [3.8, 4) is 11.4 Å². The second-order valence-corrected chi connectivity index (χ2v) is 5.22. The molecule has 3 rings (SSSR count). The molecule has 2 nitrogen and oxygen atoms in total. The number of fused-ring (bicyclic) bond motifs is 1. The van der Waals surface area contributed by atoms with Crippen LogP contribution in [-0.2, 0) is 6.18 Å². The zero-order valence-electron chi connectivity index (χ0n) is 10.0. The summed E-state index contributed by atoms with van der Waals surface area (Å²) in [6.45, 7) is 0. The van der Waals surface area contributed by atoms with E-state index in [2.05, 4.69) is 20.9 Å². The number of alkyl halides is 3. The Labute approximate surface area is 121 Å². The fourth-order valence-corrected chi connectivity index (χ4v) is 2.35. The molecule has 0 aliphatic heterocycles. The van der Waals surface area contributed by atoms with E-state index in [0.717, 1.165) is 22.1 Å². The van der Waals surface area contributed by atoms with Gasteiger partial charge in [-0.25, -0.2) is 4.98 Å². The van der Waals surface area contributed by atoms with Crippen molar-refractivity contribution < 1.29 is 13.2 Å². The smallest absolute Gasteiger partial charge is 0.299 e. The maximum absolute atomic E-state index is 12.8. The van der Waals surface area contributed by atoms with Crippen molar-refractivity contribution in [3.05, 3.63) is 58.8 Å². The van der Waals surface area contributed by atoms with E-state index in [4.69, 9.17) is 0 Å². The molecule has 2 heterocycles. The summed E-state index contributed by atoms with van der Waals surface area (Å²) in [6.07, 6.45) is -0.955. The lowest BCUT2D eigenvalue weighted by Gasteiger charge is -2.08. The first kappa shape index (κ1) is 13.2. The molecule has 0 spiro atoms. The average Bonchev–Trinajstić information content (AvgIpc) is 2.81. The highest BCUT2D eigenvalue weighted by Gasteiger charge is 2.30. The Hall–Kier alpha value is -1.82. The maximum atomic E-state index is 12.8. The molecule has 20 heavy (non-hydrogen) atoms. The lowest BCUT2D eigenvalue weighted by atomic mass is 10.1. The van der Waals surface area contributed by atoms with Gasteiger partial charge < -0.3 is 0 Å². The quantitative estimate of drug-likeness (QED) is 0.623. The van der Waals surface area contributed by atoms with Gasteiger partial charge in [-0.3, -0.25) is 4.40 Å². The van der Waals surface area contributed by atoms with E-state index < -0.39 is 11.7 Å². The van der Waals surface area contributed by atoms with Crippen LogP contribution in [0.15, 0.2) is 53.3 Å². The van der Waals surface area contributed by atoms with Crippen LogP contribution in [0.3, 0.4) is 0 Å². The van der Waals surface area contributed by atoms with Crippen molar-refractivity contribution in [1.29, 1.82) is 0 Å². The minimum atomic E-state index is -4.36. The van der Waals surface area contributed by atoms with Crippen LogP contribution in [0.4, 0.5) is 13.2 Å². The zero-order valence-corrected chi connectivity index (χ0v) is 11.6. The van der Waals surface area contributed by atoms with E-state index >= 15 is 0 Å². The first-order chi connectivity index (χ1) is 9.45. The van der Waals surface area contributed by atoms with Gasteiger partial charge in [-0.2, -0.15) is 13.2 Å². The Morgan fingerprint density at radius 3 is 2.65 bits per heavy atom. The third-order valence-corrected chi connectivity index (χ3v) is 3.41. The van der Waals surface area contributed by atoms with Crippen LogP contribution in [0.5, 0.6) is 0 Å². The van der Waals surface area contributed by atoms with E-state index in [1.807, 2.05) is 12.1 Å². The van der Waals surface area contributed by atoms with Gasteiger partial charge in [0.1, 0.15) is 5.82 Å². The fourth-order valence-electron chi connectivity index (χ4n) is 2.01. The van der Waals surface area contributed by atoms with Crippen LogP contribution in [0, 0.1) is 0 Å². The second kappa shape index (κ2) is 4.63. The highest BCUT2D eigenvalue weighted by molar-refractivity contribution is 9.10. The lowest BCUT2D eigenvalue weighted by molar-refractivity contribution is -0.137. The molecule has 0 unspecified atom stereocenters. The van der Waals surface area contributed by atoms with Gasteiger partial charge in [-0.1, -0.05) is 12.1 Å². The number of hydrogen-bond acceptors (Lipinski definition) is 1. The topological polar surface area (TPSA) is 17.3 Å². The van der Waals surface area contributed by atoms with Gasteiger partial charge in [0.15, 0.2) is 0 Å². The lowest BCUT2D eigenvalue weighted by Crippen LogP contribution is -2.04. The van der Waals surface area contributed by atoms with Crippen LogP contribution in [0.2, 0.25) is 0 Å². The summed E-state index contributed by atoms with van der Waals surface area (Å²) in [4.78, 5) is 4.20. The van der Waals surface area contributed by atoms with Crippen LogP contribution >= 0.6 is 15.9 Å². The summed E-state index contributed by atoms with van der Waals surface area (Å²) < 4.78 is 40.8. The largest absolute Gasteiger partial charge is 0.416 e. The van der Waals surface area contributed by atoms with Gasteiger partial charge in [0.25, 0.3) is 0 Å². The molecule has 2 aromatic heterocycles. The molecule has 0 saturated carbocycles. The van der Waals surface area contributed by atoms with Gasteiger partial charge in [-0.05, 0) is 40.2 Å². The van der Waals surface area contributed by atoms with Gasteiger partial charge in [-0.15, -0.1) is 0 Å². The van der Waals surface area contributed by atoms with E-state index in [9.17, 15) is 13.2 Å². The standard InChI is InChI=1S/C14H8BrF3N2/c15-11-4-5-12-7-19-13(20(12)8-11)9-2-1-3-10(6-9)14(16,17)18/h1-8H. The number of hydrogen-bond donors (Lipinski definition) is 0. The van der Waals surface area contributed by atoms with Gasteiger partial charge >= 0.3 is 6.18 Å². The Morgan fingerprint density at radius 1 is 1.10 bits per heavy atom. The maximum Gasteiger partial charge on any atom is 0.416 e. The van der Waals surface area contributed by atoms with Crippen molar-refractivity contribution in [3.63, 3.8) is 0 Å². The molecule has 0 saturated heterocycles. The molecule has 0 bridgehead atoms. The minimum absolute atomic E-state index is 0.429. The van der Waals surface area contributed by atoms with E-state index in [1.54, 1.807) is 22.9 Å². The molecule has 0 aliphatic carbocycles. The van der Waals surface area contributed by atoms with Gasteiger partial charge in [0, 0.05) is 16.2 Å². The van der Waals surface area contributed by atoms with Crippen molar-refractivity contribution in [2.75, 3.05) is 0 Å². The summed E-state index contributed by atoms with van der Waals surface area (Å²) in [5, 5.41) is 0. The van der Waals surface area contributed by atoms with Gasteiger partial charge in [0.2, 0.25) is 0 Å². The molecular weight excluding hydrogens is 333 g/mol. The minimum Gasteiger partial charge on any atom is -0.299 e. The summed E-state index contributed by atoms with van der Waals surface area (Å²) in [5.41, 5.74) is 0.570. The van der Waals surface area contributed by atoms with Crippen molar-refractivity contribution >= 4 is 21.4 Å². The Bertz CT molecular complexity index is 777. The SMILES string of the molecule is FC(F)(F)c1cccc(-c2ncc3ccc(Br)cn23)c1. The van der Waals surface area contributed by atoms with E-state index in [-0.39, 0.29) is 0 Å². The third kappa shape index (κ3) is 2.31. The number of benzene rings is 1. The molecule has 6 heteroatoms. The Balaban J connectivity index is 2.18. The van der Waals surface area contributed by atoms with Crippen molar-refractivity contribution in [2.45, 2.75) is 6.18 Å². The average molecular weight is 341 g/mol. The molecule has 0 atom stereocenters. The summed E-state index contributed by atoms with van der Waals surface area (Å²) in [6, 6.07) is 8.86. The number of aromatic nitrogens is 2. The molecule has 102 valence electrons. The first-order valence-corrected chi connectivity index (χ1v) is 6.55. The number of pyridine rings is 1. The number of rotatable bonds is 1. The van der Waals surface area contributed by atoms with Crippen molar-refractivity contribution in [1.82, 2.24) is 9.38 Å². The number of nitrogens with zero attached hydrogens (tertiary/aromatic N) is 2. The molecule has 3 aromatic rings. The highest BCUT2D eigenvalue weighted by atomic mass is 79.9. The monoisotopic (exact) mass is 340 g/mol. The van der Waals surface area contributed by atoms with E-state index in [1.165, 1.54) is 6.07 Å². The first-order valence-electron chi connectivity index (χ1n) is 5.75. The molecule has 1 aromatic carbocycles. The zero-order chi connectivity index (χ0) is 14.3. The molecular formula is C14H8BrF3N2. The van der Waals surface area contributed by atoms with Crippen LogP contribution in [0.25, 0.3) is 16.9 Å². The summed E-state index contributed by atoms with van der Waals surface area (Å²) >= 11 is 3.34. The van der Waals surface area contributed by atoms with Crippen LogP contribution in [0.1, 0.15) is 5.56 Å².